The van der Waals surface area contributed by atoms with Crippen LogP contribution in [0.15, 0.2) is 73.1 Å². The number of tetrazole rings is 1. The fourth-order valence-corrected chi connectivity index (χ4v) is 3.18. The van der Waals surface area contributed by atoms with Gasteiger partial charge in [0, 0.05) is 41.3 Å². The second kappa shape index (κ2) is 10.3. The van der Waals surface area contributed by atoms with Gasteiger partial charge in [-0.3, -0.25) is 14.6 Å². The molecular formula is C24H23N7O2. The van der Waals surface area contributed by atoms with Crippen molar-refractivity contribution in [3.63, 3.8) is 0 Å². The number of carbonyl (C=O) groups excluding carboxylic acids is 2. The van der Waals surface area contributed by atoms with Crippen molar-refractivity contribution in [3.05, 3.63) is 84.2 Å². The molecule has 0 aliphatic heterocycles. The zero-order chi connectivity index (χ0) is 23.0. The monoisotopic (exact) mass is 441 g/mol. The van der Waals surface area contributed by atoms with Crippen molar-refractivity contribution in [2.75, 3.05) is 10.6 Å². The zero-order valence-corrected chi connectivity index (χ0v) is 18.1. The van der Waals surface area contributed by atoms with Crippen molar-refractivity contribution >= 4 is 23.2 Å². The molecule has 166 valence electrons. The Morgan fingerprint density at radius 3 is 2.55 bits per heavy atom. The van der Waals surface area contributed by atoms with E-state index in [4.69, 9.17) is 0 Å². The summed E-state index contributed by atoms with van der Waals surface area (Å²) in [5, 5.41) is 18.2. The average molecular weight is 441 g/mol. The van der Waals surface area contributed by atoms with Gasteiger partial charge in [0.25, 0.3) is 5.91 Å². The molecular weight excluding hydrogens is 418 g/mol. The van der Waals surface area contributed by atoms with Gasteiger partial charge in [-0.15, -0.1) is 10.2 Å². The maximum atomic E-state index is 12.4. The number of hydrogen-bond donors (Lipinski definition) is 2. The van der Waals surface area contributed by atoms with Crippen LogP contribution in [-0.2, 0) is 11.3 Å². The topological polar surface area (TPSA) is 115 Å². The second-order valence-corrected chi connectivity index (χ2v) is 7.45. The van der Waals surface area contributed by atoms with Gasteiger partial charge in [-0.25, -0.2) is 0 Å². The van der Waals surface area contributed by atoms with Crippen molar-refractivity contribution in [1.29, 1.82) is 0 Å². The summed E-state index contributed by atoms with van der Waals surface area (Å²) in [6.07, 6.45) is 3.99. The Morgan fingerprint density at radius 2 is 1.76 bits per heavy atom. The van der Waals surface area contributed by atoms with E-state index in [1.807, 2.05) is 43.3 Å². The first kappa shape index (κ1) is 21.8. The summed E-state index contributed by atoms with van der Waals surface area (Å²) in [7, 11) is 0. The lowest BCUT2D eigenvalue weighted by molar-refractivity contribution is -0.116. The minimum atomic E-state index is -0.237. The smallest absolute Gasteiger partial charge is 0.255 e. The molecule has 0 aliphatic carbocycles. The first-order chi connectivity index (χ1) is 16.1. The first-order valence-corrected chi connectivity index (χ1v) is 10.5. The van der Waals surface area contributed by atoms with E-state index in [-0.39, 0.29) is 11.8 Å². The maximum Gasteiger partial charge on any atom is 0.255 e. The molecule has 9 heteroatoms. The van der Waals surface area contributed by atoms with Crippen LogP contribution in [0.1, 0.15) is 28.8 Å². The molecule has 4 rings (SSSR count). The lowest BCUT2D eigenvalue weighted by Gasteiger charge is -2.12. The highest BCUT2D eigenvalue weighted by atomic mass is 16.2. The SMILES string of the molecule is Cc1ccc(NC(=O)CCCn2nnc(-c3ccccc3)n2)cc1NC(=O)c1ccncc1. The summed E-state index contributed by atoms with van der Waals surface area (Å²) >= 11 is 0. The molecule has 2 amide bonds. The molecule has 2 N–H and O–H groups in total. The largest absolute Gasteiger partial charge is 0.326 e. The third-order valence-corrected chi connectivity index (χ3v) is 4.96. The van der Waals surface area contributed by atoms with Crippen LogP contribution in [0.4, 0.5) is 11.4 Å². The predicted octanol–water partition coefficient (Wildman–Crippen LogP) is 3.71. The zero-order valence-electron chi connectivity index (χ0n) is 18.1. The van der Waals surface area contributed by atoms with Crippen LogP contribution in [0.2, 0.25) is 0 Å². The molecule has 0 radical (unpaired) electrons. The van der Waals surface area contributed by atoms with Crippen LogP contribution in [-0.4, -0.2) is 37.0 Å². The lowest BCUT2D eigenvalue weighted by atomic mass is 10.1. The number of nitrogens with zero attached hydrogens (tertiary/aromatic N) is 5. The van der Waals surface area contributed by atoms with Crippen LogP contribution in [0, 0.1) is 6.92 Å². The van der Waals surface area contributed by atoms with Gasteiger partial charge in [-0.1, -0.05) is 36.4 Å². The van der Waals surface area contributed by atoms with Crippen LogP contribution >= 0.6 is 0 Å². The minimum Gasteiger partial charge on any atom is -0.326 e. The lowest BCUT2D eigenvalue weighted by Crippen LogP contribution is -2.15. The average Bonchev–Trinajstić information content (AvgIpc) is 3.31. The third-order valence-electron chi connectivity index (χ3n) is 4.96. The molecule has 0 unspecified atom stereocenters. The minimum absolute atomic E-state index is 0.131. The maximum absolute atomic E-state index is 12.4. The van der Waals surface area contributed by atoms with E-state index >= 15 is 0 Å². The number of benzene rings is 2. The van der Waals surface area contributed by atoms with Crippen molar-refractivity contribution < 1.29 is 9.59 Å². The summed E-state index contributed by atoms with van der Waals surface area (Å²) in [5.74, 6) is 0.189. The standard InChI is InChI=1S/C24H23N7O2/c1-17-9-10-20(16-21(17)27-24(33)19-11-13-25-14-12-19)26-22(32)8-5-15-31-29-23(28-30-31)18-6-3-2-4-7-18/h2-4,6-7,9-14,16H,5,8,15H2,1H3,(H,26,32)(H,27,33). The van der Waals surface area contributed by atoms with Gasteiger partial charge < -0.3 is 10.6 Å². The van der Waals surface area contributed by atoms with Gasteiger partial charge in [0.05, 0.1) is 6.54 Å². The highest BCUT2D eigenvalue weighted by molar-refractivity contribution is 6.05. The first-order valence-electron chi connectivity index (χ1n) is 10.5. The molecule has 0 fully saturated rings. The van der Waals surface area contributed by atoms with Gasteiger partial charge in [-0.05, 0) is 48.4 Å². The summed E-state index contributed by atoms with van der Waals surface area (Å²) in [5.41, 5.74) is 3.54. The van der Waals surface area contributed by atoms with Crippen LogP contribution < -0.4 is 10.6 Å². The summed E-state index contributed by atoms with van der Waals surface area (Å²) in [6, 6.07) is 18.3. The predicted molar refractivity (Wildman–Crippen MR) is 124 cm³/mol. The van der Waals surface area contributed by atoms with E-state index in [0.29, 0.717) is 42.1 Å². The summed E-state index contributed by atoms with van der Waals surface area (Å²) in [6.45, 7) is 2.37. The Kier molecular flexibility index (Phi) is 6.79. The summed E-state index contributed by atoms with van der Waals surface area (Å²) in [4.78, 5) is 30.2. The molecule has 0 atom stereocenters. The van der Waals surface area contributed by atoms with Crippen LogP contribution in [0.25, 0.3) is 11.4 Å². The molecule has 2 heterocycles. The number of nitrogens with one attached hydrogen (secondary N) is 2. The highest BCUT2D eigenvalue weighted by Gasteiger charge is 2.10. The quantitative estimate of drug-likeness (QED) is 0.431. The molecule has 0 spiro atoms. The molecule has 9 nitrogen and oxygen atoms in total. The van der Waals surface area contributed by atoms with E-state index in [0.717, 1.165) is 11.1 Å². The van der Waals surface area contributed by atoms with Crippen molar-refractivity contribution in [3.8, 4) is 11.4 Å². The number of aryl methyl sites for hydroxylation is 2. The number of hydrogen-bond acceptors (Lipinski definition) is 6. The third kappa shape index (κ3) is 5.85. The van der Waals surface area contributed by atoms with E-state index in [1.54, 1.807) is 36.7 Å². The molecule has 0 saturated heterocycles. The van der Waals surface area contributed by atoms with Gasteiger partial charge in [0.15, 0.2) is 0 Å². The van der Waals surface area contributed by atoms with Gasteiger partial charge in [0.1, 0.15) is 0 Å². The van der Waals surface area contributed by atoms with Crippen molar-refractivity contribution in [2.45, 2.75) is 26.3 Å². The fraction of sp³-hybridized carbons (Fsp3) is 0.167. The number of carbonyl (C=O) groups is 2. The van der Waals surface area contributed by atoms with E-state index < -0.39 is 0 Å². The van der Waals surface area contributed by atoms with E-state index in [1.165, 1.54) is 4.80 Å². The Morgan fingerprint density at radius 1 is 0.970 bits per heavy atom. The number of aromatic nitrogens is 5. The molecule has 0 saturated carbocycles. The number of pyridine rings is 1. The van der Waals surface area contributed by atoms with Crippen molar-refractivity contribution in [2.24, 2.45) is 0 Å². The normalized spacial score (nSPS) is 10.6. The Bertz CT molecular complexity index is 1240. The fourth-order valence-electron chi connectivity index (χ4n) is 3.18. The van der Waals surface area contributed by atoms with E-state index in [9.17, 15) is 9.59 Å². The summed E-state index contributed by atoms with van der Waals surface area (Å²) < 4.78 is 0. The molecule has 2 aromatic heterocycles. The van der Waals surface area contributed by atoms with Crippen molar-refractivity contribution in [1.82, 2.24) is 25.2 Å². The van der Waals surface area contributed by atoms with Crippen LogP contribution in [0.5, 0.6) is 0 Å². The molecule has 0 aliphatic rings. The van der Waals surface area contributed by atoms with Crippen LogP contribution in [0.3, 0.4) is 0 Å². The highest BCUT2D eigenvalue weighted by Crippen LogP contribution is 2.21. The molecule has 2 aromatic carbocycles. The second-order valence-electron chi connectivity index (χ2n) is 7.45. The number of anilines is 2. The van der Waals surface area contributed by atoms with Gasteiger partial charge in [0.2, 0.25) is 11.7 Å². The molecule has 4 aromatic rings. The Hall–Kier alpha value is -4.40. The Labute approximate surface area is 190 Å². The van der Waals surface area contributed by atoms with Gasteiger partial charge >= 0.3 is 0 Å². The number of amides is 2. The molecule has 0 bridgehead atoms. The van der Waals surface area contributed by atoms with Gasteiger partial charge in [-0.2, -0.15) is 4.80 Å². The number of rotatable bonds is 8. The molecule has 33 heavy (non-hydrogen) atoms. The van der Waals surface area contributed by atoms with E-state index in [2.05, 4.69) is 31.0 Å². The Balaban J connectivity index is 1.29.